The van der Waals surface area contributed by atoms with Crippen molar-refractivity contribution < 1.29 is 9.53 Å². The molecule has 0 saturated heterocycles. The van der Waals surface area contributed by atoms with Crippen molar-refractivity contribution in [3.05, 3.63) is 59.1 Å². The molecule has 0 aliphatic carbocycles. The van der Waals surface area contributed by atoms with Crippen molar-refractivity contribution in [2.24, 2.45) is 0 Å². The van der Waals surface area contributed by atoms with E-state index in [1.165, 1.54) is 0 Å². The maximum atomic E-state index is 12.1. The highest BCUT2D eigenvalue weighted by molar-refractivity contribution is 7.80. The van der Waals surface area contributed by atoms with Crippen LogP contribution in [0.15, 0.2) is 48.5 Å². The standard InChI is InChI=1S/C20H24ClN3O2S/c1-3-24(4-2)12-13-26-19(25)15-8-10-17(11-9-15)22-20(27)23-18-7-5-6-16(21)14-18/h5-11,14H,3-4,12-13H2,1-2H3,(H2,22,23,27). The van der Waals surface area contributed by atoms with Crippen molar-refractivity contribution in [2.75, 3.05) is 36.9 Å². The highest BCUT2D eigenvalue weighted by Gasteiger charge is 2.08. The van der Waals surface area contributed by atoms with Gasteiger partial charge in [-0.2, -0.15) is 0 Å². The van der Waals surface area contributed by atoms with Crippen LogP contribution in [0.4, 0.5) is 11.4 Å². The summed E-state index contributed by atoms with van der Waals surface area (Å²) in [6.45, 7) is 7.18. The summed E-state index contributed by atoms with van der Waals surface area (Å²) in [6.07, 6.45) is 0. The summed E-state index contributed by atoms with van der Waals surface area (Å²) in [5, 5.41) is 7.19. The van der Waals surface area contributed by atoms with Crippen LogP contribution in [0.25, 0.3) is 0 Å². The summed E-state index contributed by atoms with van der Waals surface area (Å²) < 4.78 is 5.32. The number of ether oxygens (including phenoxy) is 1. The quantitative estimate of drug-likeness (QED) is 0.492. The zero-order valence-corrected chi connectivity index (χ0v) is 17.1. The van der Waals surface area contributed by atoms with Crippen molar-refractivity contribution in [1.29, 1.82) is 0 Å². The summed E-state index contributed by atoms with van der Waals surface area (Å²) in [5.74, 6) is -0.326. The Bertz CT molecular complexity index is 764. The molecule has 0 aromatic heterocycles. The van der Waals surface area contributed by atoms with E-state index in [0.29, 0.717) is 22.3 Å². The highest BCUT2D eigenvalue weighted by atomic mass is 35.5. The Labute approximate surface area is 170 Å². The van der Waals surface area contributed by atoms with E-state index >= 15 is 0 Å². The Kier molecular flexibility index (Phi) is 8.51. The number of hydrogen-bond acceptors (Lipinski definition) is 4. The van der Waals surface area contributed by atoms with Crippen LogP contribution in [0.2, 0.25) is 5.02 Å². The van der Waals surface area contributed by atoms with Crippen molar-refractivity contribution in [3.8, 4) is 0 Å². The number of esters is 1. The van der Waals surface area contributed by atoms with E-state index in [2.05, 4.69) is 29.4 Å². The third-order valence-electron chi connectivity index (χ3n) is 4.00. The van der Waals surface area contributed by atoms with Crippen LogP contribution in [0.3, 0.4) is 0 Å². The molecule has 2 aromatic rings. The molecule has 0 unspecified atom stereocenters. The lowest BCUT2D eigenvalue weighted by Gasteiger charge is -2.17. The van der Waals surface area contributed by atoms with Gasteiger partial charge in [0.2, 0.25) is 0 Å². The number of nitrogens with zero attached hydrogens (tertiary/aromatic N) is 1. The van der Waals surface area contributed by atoms with Gasteiger partial charge in [0.25, 0.3) is 0 Å². The van der Waals surface area contributed by atoms with E-state index in [1.807, 2.05) is 12.1 Å². The van der Waals surface area contributed by atoms with Gasteiger partial charge in [0.05, 0.1) is 5.56 Å². The lowest BCUT2D eigenvalue weighted by molar-refractivity contribution is 0.0466. The summed E-state index contributed by atoms with van der Waals surface area (Å²) >= 11 is 11.2. The molecule has 0 spiro atoms. The number of benzene rings is 2. The fraction of sp³-hybridized carbons (Fsp3) is 0.300. The molecule has 0 saturated carbocycles. The zero-order valence-electron chi connectivity index (χ0n) is 15.5. The normalized spacial score (nSPS) is 10.5. The first kappa shape index (κ1) is 21.2. The first-order chi connectivity index (χ1) is 13.0. The Balaban J connectivity index is 1.83. The SMILES string of the molecule is CCN(CC)CCOC(=O)c1ccc(NC(=S)Nc2cccc(Cl)c2)cc1. The molecular weight excluding hydrogens is 382 g/mol. The molecule has 2 aromatic carbocycles. The van der Waals surface area contributed by atoms with Crippen LogP contribution in [-0.2, 0) is 4.74 Å². The van der Waals surface area contributed by atoms with Crippen LogP contribution in [0.5, 0.6) is 0 Å². The number of rotatable bonds is 8. The minimum atomic E-state index is -0.326. The Morgan fingerprint density at radius 3 is 2.37 bits per heavy atom. The number of nitrogens with one attached hydrogen (secondary N) is 2. The highest BCUT2D eigenvalue weighted by Crippen LogP contribution is 2.16. The summed E-state index contributed by atoms with van der Waals surface area (Å²) in [5.41, 5.74) is 2.08. The summed E-state index contributed by atoms with van der Waals surface area (Å²) in [6, 6.07) is 14.3. The number of anilines is 2. The fourth-order valence-electron chi connectivity index (χ4n) is 2.44. The Morgan fingerprint density at radius 1 is 1.07 bits per heavy atom. The number of hydrogen-bond donors (Lipinski definition) is 2. The topological polar surface area (TPSA) is 53.6 Å². The third-order valence-corrected chi connectivity index (χ3v) is 4.44. The molecule has 2 N–H and O–H groups in total. The van der Waals surface area contributed by atoms with Gasteiger partial charge < -0.3 is 20.3 Å². The maximum Gasteiger partial charge on any atom is 0.338 e. The summed E-state index contributed by atoms with van der Waals surface area (Å²) in [4.78, 5) is 14.3. The molecule has 0 aliphatic heterocycles. The maximum absolute atomic E-state index is 12.1. The Hall–Kier alpha value is -2.15. The predicted octanol–water partition coefficient (Wildman–Crippen LogP) is 4.65. The zero-order chi connectivity index (χ0) is 19.6. The van der Waals surface area contributed by atoms with Gasteiger partial charge in [-0.3, -0.25) is 0 Å². The molecule has 144 valence electrons. The molecule has 0 amide bonds. The second kappa shape index (κ2) is 10.9. The van der Waals surface area contributed by atoms with Gasteiger partial charge in [-0.15, -0.1) is 0 Å². The minimum absolute atomic E-state index is 0.326. The van der Waals surface area contributed by atoms with Gasteiger partial charge in [0.15, 0.2) is 5.11 Å². The monoisotopic (exact) mass is 405 g/mol. The molecule has 0 bridgehead atoms. The van der Waals surface area contributed by atoms with E-state index in [0.717, 1.165) is 31.0 Å². The van der Waals surface area contributed by atoms with Gasteiger partial charge >= 0.3 is 5.97 Å². The lowest BCUT2D eigenvalue weighted by Crippen LogP contribution is -2.27. The molecule has 5 nitrogen and oxygen atoms in total. The molecule has 0 heterocycles. The van der Waals surface area contributed by atoms with Gasteiger partial charge in [-0.25, -0.2) is 4.79 Å². The van der Waals surface area contributed by atoms with E-state index < -0.39 is 0 Å². The molecule has 2 rings (SSSR count). The predicted molar refractivity (Wildman–Crippen MR) is 116 cm³/mol. The van der Waals surface area contributed by atoms with Crippen LogP contribution >= 0.6 is 23.8 Å². The van der Waals surface area contributed by atoms with Gasteiger partial charge in [0, 0.05) is 22.9 Å². The average Bonchev–Trinajstić information content (AvgIpc) is 2.65. The average molecular weight is 406 g/mol. The second-order valence-electron chi connectivity index (χ2n) is 5.83. The van der Waals surface area contributed by atoms with Gasteiger partial charge in [0.1, 0.15) is 6.61 Å². The van der Waals surface area contributed by atoms with Crippen LogP contribution < -0.4 is 10.6 Å². The van der Waals surface area contributed by atoms with Gasteiger partial charge in [-0.1, -0.05) is 31.5 Å². The van der Waals surface area contributed by atoms with E-state index in [4.69, 9.17) is 28.6 Å². The molecule has 27 heavy (non-hydrogen) atoms. The number of carbonyl (C=O) groups excluding carboxylic acids is 1. The fourth-order valence-corrected chi connectivity index (χ4v) is 2.87. The van der Waals surface area contributed by atoms with Crippen molar-refractivity contribution in [3.63, 3.8) is 0 Å². The van der Waals surface area contributed by atoms with Crippen molar-refractivity contribution in [2.45, 2.75) is 13.8 Å². The molecule has 7 heteroatoms. The van der Waals surface area contributed by atoms with E-state index in [9.17, 15) is 4.79 Å². The molecule has 0 fully saturated rings. The number of halogens is 1. The molecule has 0 aliphatic rings. The first-order valence-electron chi connectivity index (χ1n) is 8.85. The van der Waals surface area contributed by atoms with Crippen molar-refractivity contribution in [1.82, 2.24) is 4.90 Å². The molecular formula is C20H24ClN3O2S. The first-order valence-corrected chi connectivity index (χ1v) is 9.63. The van der Waals surface area contributed by atoms with Crippen LogP contribution in [0, 0.1) is 0 Å². The number of carbonyl (C=O) groups is 1. The molecule has 0 atom stereocenters. The smallest absolute Gasteiger partial charge is 0.338 e. The largest absolute Gasteiger partial charge is 0.461 e. The van der Waals surface area contributed by atoms with Gasteiger partial charge in [-0.05, 0) is 67.8 Å². The second-order valence-corrected chi connectivity index (χ2v) is 6.67. The van der Waals surface area contributed by atoms with E-state index in [-0.39, 0.29) is 5.97 Å². The van der Waals surface area contributed by atoms with Crippen molar-refractivity contribution >= 4 is 46.3 Å². The van der Waals surface area contributed by atoms with Crippen LogP contribution in [0.1, 0.15) is 24.2 Å². The third kappa shape index (κ3) is 7.17. The number of thiocarbonyl (C=S) groups is 1. The van der Waals surface area contributed by atoms with E-state index in [1.54, 1.807) is 36.4 Å². The summed E-state index contributed by atoms with van der Waals surface area (Å²) in [7, 11) is 0. The lowest BCUT2D eigenvalue weighted by atomic mass is 10.2. The Morgan fingerprint density at radius 2 is 1.74 bits per heavy atom. The molecule has 0 radical (unpaired) electrons. The number of likely N-dealkylation sites (N-methyl/N-ethyl adjacent to an activating group) is 1. The van der Waals surface area contributed by atoms with Crippen LogP contribution in [-0.4, -0.2) is 42.2 Å². The minimum Gasteiger partial charge on any atom is -0.461 e.